The van der Waals surface area contributed by atoms with E-state index >= 15 is 0 Å². The van der Waals surface area contributed by atoms with E-state index in [2.05, 4.69) is 203 Å². The summed E-state index contributed by atoms with van der Waals surface area (Å²) in [5.74, 6) is -0.188. The lowest BCUT2D eigenvalue weighted by atomic mass is 10.00. The maximum Gasteiger partial charge on any atom is 0.147 e. The van der Waals surface area contributed by atoms with Crippen LogP contribution in [0.4, 0.5) is 4.39 Å². The van der Waals surface area contributed by atoms with Crippen molar-refractivity contribution in [1.82, 2.24) is 28.8 Å². The van der Waals surface area contributed by atoms with E-state index in [1.165, 1.54) is 48.6 Å². The van der Waals surface area contributed by atoms with E-state index in [-0.39, 0.29) is 11.9 Å². The number of aryl methyl sites for hydroxylation is 1. The highest BCUT2D eigenvalue weighted by atomic mass is 32.1. The van der Waals surface area contributed by atoms with Crippen LogP contribution in [0.5, 0.6) is 0 Å². The van der Waals surface area contributed by atoms with Crippen LogP contribution in [0.15, 0.2) is 147 Å². The van der Waals surface area contributed by atoms with Gasteiger partial charge in [0.2, 0.25) is 0 Å². The summed E-state index contributed by atoms with van der Waals surface area (Å²) in [5.41, 5.74) is 11.2. The minimum absolute atomic E-state index is 0.188. The molecule has 10 rings (SSSR count). The zero-order valence-corrected chi connectivity index (χ0v) is 45.7. The number of aromatic nitrogens is 3. The van der Waals surface area contributed by atoms with Crippen molar-refractivity contribution in [2.24, 2.45) is 0 Å². The van der Waals surface area contributed by atoms with E-state index in [0.29, 0.717) is 29.7 Å². The summed E-state index contributed by atoms with van der Waals surface area (Å²) in [6.45, 7) is 35.6. The van der Waals surface area contributed by atoms with Crippen molar-refractivity contribution >= 4 is 103 Å². The zero-order valence-electron chi connectivity index (χ0n) is 42.5. The molecule has 3 aliphatic heterocycles. The van der Waals surface area contributed by atoms with Crippen LogP contribution >= 0.6 is 47.1 Å². The lowest BCUT2D eigenvalue weighted by molar-refractivity contribution is 0.430. The summed E-state index contributed by atoms with van der Waals surface area (Å²) in [6, 6.07) is 30.6. The monoisotopic (exact) mass is 1010 g/mol. The second-order valence-electron chi connectivity index (χ2n) is 18.7. The summed E-state index contributed by atoms with van der Waals surface area (Å²) >= 11 is 14.2. The third-order valence-corrected chi connectivity index (χ3v) is 14.8. The predicted octanol–water partition coefficient (Wildman–Crippen LogP) is 18.1. The van der Waals surface area contributed by atoms with Crippen molar-refractivity contribution in [2.75, 3.05) is 0 Å². The molecule has 0 unspecified atom stereocenters. The van der Waals surface area contributed by atoms with Crippen LogP contribution in [-0.4, -0.2) is 46.9 Å². The molecule has 0 atom stereocenters. The summed E-state index contributed by atoms with van der Waals surface area (Å²) in [6.07, 6.45) is 14.0. The molecule has 0 saturated heterocycles. The molecule has 0 aliphatic carbocycles. The number of hydrogen-bond donors (Lipinski definition) is 0. The molecule has 7 aromatic rings. The van der Waals surface area contributed by atoms with Gasteiger partial charge in [-0.05, 0) is 128 Å². The number of benzene rings is 3. The Balaban J connectivity index is 0.000000144. The average molecular weight is 1010 g/mol. The Labute approximate surface area is 434 Å². The van der Waals surface area contributed by atoms with Crippen LogP contribution in [0.3, 0.4) is 0 Å². The minimum atomic E-state index is -0.188. The van der Waals surface area contributed by atoms with Crippen molar-refractivity contribution in [3.63, 3.8) is 0 Å². The number of fused-ring (bicyclic) bond motifs is 5. The Morgan fingerprint density at radius 3 is 1.77 bits per heavy atom. The number of thiazole rings is 1. The smallest absolute Gasteiger partial charge is 0.147 e. The SMILES string of the molecule is C=C1c2ccccc2C(F)=CN1C(C)C.C=C1c2ccccc2C=CN1C(C)C.C=C1c2scnc2C=CN1C(C)C.CC(C)n1ccc2ccsc2c1=S.Cc1ccc2c(=S)n(C(C)C)ccc2c1. The first-order valence-electron chi connectivity index (χ1n) is 23.8. The molecule has 0 spiro atoms. The highest BCUT2D eigenvalue weighted by Gasteiger charge is 2.22. The first-order valence-corrected chi connectivity index (χ1v) is 26.4. The summed E-state index contributed by atoms with van der Waals surface area (Å²) in [4.78, 5) is 11.7. The molecule has 4 aromatic heterocycles. The maximum atomic E-state index is 13.7. The predicted molar refractivity (Wildman–Crippen MR) is 309 cm³/mol. The summed E-state index contributed by atoms with van der Waals surface area (Å²) < 4.78 is 21.1. The van der Waals surface area contributed by atoms with Gasteiger partial charge in [0, 0.05) is 94.7 Å². The molecule has 0 bridgehead atoms. The third-order valence-electron chi connectivity index (χ3n) is 12.0. The van der Waals surface area contributed by atoms with E-state index in [4.69, 9.17) is 24.4 Å². The third kappa shape index (κ3) is 12.3. The molecule has 0 amide bonds. The molecule has 0 saturated carbocycles. The summed E-state index contributed by atoms with van der Waals surface area (Å²) in [7, 11) is 0. The quantitative estimate of drug-likeness (QED) is 0.160. The lowest BCUT2D eigenvalue weighted by Crippen LogP contribution is -2.26. The highest BCUT2D eigenvalue weighted by molar-refractivity contribution is 7.72. The zero-order chi connectivity index (χ0) is 51.0. The molecule has 7 heterocycles. The van der Waals surface area contributed by atoms with Gasteiger partial charge in [0.1, 0.15) is 15.1 Å². The Hall–Kier alpha value is -5.98. The second-order valence-corrected chi connectivity index (χ2v) is 21.2. The largest absolute Gasteiger partial charge is 0.345 e. The Kier molecular flexibility index (Phi) is 18.1. The van der Waals surface area contributed by atoms with Gasteiger partial charge < -0.3 is 23.8 Å². The lowest BCUT2D eigenvalue weighted by Gasteiger charge is -2.31. The Morgan fingerprint density at radius 1 is 0.571 bits per heavy atom. The number of thiophene rings is 1. The van der Waals surface area contributed by atoms with E-state index in [1.807, 2.05) is 48.5 Å². The van der Waals surface area contributed by atoms with Gasteiger partial charge in [-0.3, -0.25) is 0 Å². The molecule has 6 nitrogen and oxygen atoms in total. The van der Waals surface area contributed by atoms with E-state index in [9.17, 15) is 4.39 Å². The van der Waals surface area contributed by atoms with Gasteiger partial charge in [0.15, 0.2) is 0 Å². The fourth-order valence-corrected chi connectivity index (χ4v) is 10.8. The molecule has 0 N–H and O–H groups in total. The molecular formula is C59H67FN6S4. The number of rotatable bonds is 5. The van der Waals surface area contributed by atoms with Crippen molar-refractivity contribution in [2.45, 2.75) is 106 Å². The van der Waals surface area contributed by atoms with Crippen LogP contribution in [-0.2, 0) is 0 Å². The van der Waals surface area contributed by atoms with Crippen LogP contribution < -0.4 is 0 Å². The fraction of sp³-hybridized carbons (Fsp3) is 0.271. The van der Waals surface area contributed by atoms with Gasteiger partial charge >= 0.3 is 0 Å². The minimum Gasteiger partial charge on any atom is -0.345 e. The van der Waals surface area contributed by atoms with Gasteiger partial charge in [-0.2, -0.15) is 0 Å². The van der Waals surface area contributed by atoms with Gasteiger partial charge in [0.05, 0.1) is 26.5 Å². The van der Waals surface area contributed by atoms with Crippen LogP contribution in [0, 0.1) is 16.2 Å². The normalized spacial score (nSPS) is 13.6. The van der Waals surface area contributed by atoms with Crippen LogP contribution in [0.1, 0.15) is 120 Å². The van der Waals surface area contributed by atoms with E-state index < -0.39 is 0 Å². The number of hydrogen-bond acceptors (Lipinski definition) is 8. The molecule has 11 heteroatoms. The van der Waals surface area contributed by atoms with Gasteiger partial charge in [0.25, 0.3) is 0 Å². The molecular weight excluding hydrogens is 940 g/mol. The standard InChI is InChI=1S/C13H14FN.C13H15NS.C13H15N.C10H12N2S.C10H11NS2/c1-9(2)15-8-13(14)12-7-5-4-6-11(12)10(15)3;1-9(2)14-7-6-11-8-10(3)4-5-12(11)13(14)15;1-10(2)14-9-8-12-6-4-5-7-13(12)11(14)3;1-7(2)12-5-4-9-10(8(12)3)13-6-11-9;1-7(2)11-5-3-8-4-6-13-9(8)10(11)12/h4-9H,3H2,1-2H3;4-9H,1-3H3;4-10H,3H2,1-2H3;4-7H,3H2,1-2H3;3-7H,1-2H3. The Morgan fingerprint density at radius 2 is 1.13 bits per heavy atom. The fourth-order valence-electron chi connectivity index (χ4n) is 8.19. The van der Waals surface area contributed by atoms with Crippen molar-refractivity contribution < 1.29 is 4.39 Å². The highest BCUT2D eigenvalue weighted by Crippen LogP contribution is 2.35. The second kappa shape index (κ2) is 23.8. The molecule has 3 aliphatic rings. The van der Waals surface area contributed by atoms with Gasteiger partial charge in [-0.25, -0.2) is 9.37 Å². The molecule has 70 heavy (non-hydrogen) atoms. The first kappa shape index (κ1) is 53.4. The molecule has 0 radical (unpaired) electrons. The molecule has 0 fully saturated rings. The topological polar surface area (TPSA) is 32.5 Å². The number of pyridine rings is 2. The summed E-state index contributed by atoms with van der Waals surface area (Å²) in [5, 5.41) is 5.75. The van der Waals surface area contributed by atoms with Crippen molar-refractivity contribution in [1.29, 1.82) is 0 Å². The Bertz CT molecular complexity index is 3210. The molecule has 3 aromatic carbocycles. The van der Waals surface area contributed by atoms with Crippen molar-refractivity contribution in [3.8, 4) is 0 Å². The van der Waals surface area contributed by atoms with E-state index in [1.54, 1.807) is 28.7 Å². The van der Waals surface area contributed by atoms with E-state index in [0.717, 1.165) is 37.6 Å². The first-order chi connectivity index (χ1) is 33.3. The van der Waals surface area contributed by atoms with Gasteiger partial charge in [-0.15, -0.1) is 22.7 Å². The number of nitrogens with zero attached hydrogens (tertiary/aromatic N) is 6. The van der Waals surface area contributed by atoms with Crippen LogP contribution in [0.2, 0.25) is 0 Å². The van der Waals surface area contributed by atoms with Crippen LogP contribution in [0.25, 0.3) is 55.9 Å². The molecule has 364 valence electrons. The maximum absolute atomic E-state index is 13.7. The van der Waals surface area contributed by atoms with Gasteiger partial charge in [-0.1, -0.05) is 116 Å². The van der Waals surface area contributed by atoms with Crippen molar-refractivity contribution in [3.05, 3.63) is 194 Å². The average Bonchev–Trinajstić information content (AvgIpc) is 4.03. The number of halogens is 1.